The minimum atomic E-state index is 0.0552. The zero-order valence-corrected chi connectivity index (χ0v) is 11.3. The largest absolute Gasteiger partial charge is 0.330 e. The maximum Gasteiger partial charge on any atom is 0.324 e. The number of nitrogens with zero attached hydrogens (tertiary/aromatic N) is 2. The maximum absolute atomic E-state index is 12.4. The van der Waals surface area contributed by atoms with Gasteiger partial charge in [0.1, 0.15) is 0 Å². The first-order chi connectivity index (χ1) is 8.74. The molecular formula is C14H23N3O. The molecule has 0 aliphatic carbocycles. The number of amides is 2. The molecule has 1 aromatic rings. The second-order valence-electron chi connectivity index (χ2n) is 4.08. The lowest BCUT2D eigenvalue weighted by molar-refractivity contribution is 0.210. The lowest BCUT2D eigenvalue weighted by Gasteiger charge is -2.29. The third kappa shape index (κ3) is 3.74. The first kappa shape index (κ1) is 14.5. The molecule has 0 aliphatic heterocycles. The molecule has 0 aliphatic rings. The van der Waals surface area contributed by atoms with Crippen molar-refractivity contribution in [3.8, 4) is 0 Å². The molecule has 0 radical (unpaired) electrons. The molecule has 0 spiro atoms. The van der Waals surface area contributed by atoms with Crippen molar-refractivity contribution in [2.24, 2.45) is 5.73 Å². The van der Waals surface area contributed by atoms with Crippen LogP contribution in [0.15, 0.2) is 30.3 Å². The molecule has 4 nitrogen and oxygen atoms in total. The number of hydrogen-bond acceptors (Lipinski definition) is 2. The van der Waals surface area contributed by atoms with Crippen LogP contribution in [0, 0.1) is 0 Å². The molecule has 18 heavy (non-hydrogen) atoms. The van der Waals surface area contributed by atoms with Crippen LogP contribution in [0.3, 0.4) is 0 Å². The molecule has 0 bridgehead atoms. The van der Waals surface area contributed by atoms with Gasteiger partial charge in [0.15, 0.2) is 0 Å². The summed E-state index contributed by atoms with van der Waals surface area (Å²) < 4.78 is 0. The molecule has 0 heterocycles. The normalized spacial score (nSPS) is 10.2. The molecule has 2 amide bonds. The molecule has 0 fully saturated rings. The minimum Gasteiger partial charge on any atom is -0.330 e. The van der Waals surface area contributed by atoms with Crippen LogP contribution >= 0.6 is 0 Å². The summed E-state index contributed by atoms with van der Waals surface area (Å²) in [6.45, 7) is 6.69. The number of hydrogen-bond donors (Lipinski definition) is 1. The monoisotopic (exact) mass is 249 g/mol. The Morgan fingerprint density at radius 2 is 1.78 bits per heavy atom. The maximum atomic E-state index is 12.4. The van der Waals surface area contributed by atoms with Gasteiger partial charge in [-0.25, -0.2) is 4.79 Å². The van der Waals surface area contributed by atoms with Gasteiger partial charge in [-0.05, 0) is 38.9 Å². The third-order valence-electron chi connectivity index (χ3n) is 2.92. The number of para-hydroxylation sites is 1. The van der Waals surface area contributed by atoms with Gasteiger partial charge < -0.3 is 10.6 Å². The SMILES string of the molecule is CCN(CC)C(=O)N(CCCN)c1ccccc1. The van der Waals surface area contributed by atoms with Crippen LogP contribution in [0.2, 0.25) is 0 Å². The molecule has 0 atom stereocenters. The highest BCUT2D eigenvalue weighted by molar-refractivity contribution is 5.91. The van der Waals surface area contributed by atoms with Gasteiger partial charge in [0, 0.05) is 25.3 Å². The Bertz CT molecular complexity index is 349. The molecule has 0 aromatic heterocycles. The third-order valence-corrected chi connectivity index (χ3v) is 2.92. The molecule has 0 saturated carbocycles. The van der Waals surface area contributed by atoms with Crippen LogP contribution in [-0.2, 0) is 0 Å². The predicted octanol–water partition coefficient (Wildman–Crippen LogP) is 2.30. The van der Waals surface area contributed by atoms with E-state index in [9.17, 15) is 4.79 Å². The van der Waals surface area contributed by atoms with Crippen molar-refractivity contribution in [1.82, 2.24) is 4.90 Å². The van der Waals surface area contributed by atoms with Crippen molar-refractivity contribution in [3.63, 3.8) is 0 Å². The lowest BCUT2D eigenvalue weighted by atomic mass is 10.2. The van der Waals surface area contributed by atoms with Crippen molar-refractivity contribution < 1.29 is 4.79 Å². The smallest absolute Gasteiger partial charge is 0.324 e. The van der Waals surface area contributed by atoms with E-state index < -0.39 is 0 Å². The van der Waals surface area contributed by atoms with E-state index in [4.69, 9.17) is 5.73 Å². The Balaban J connectivity index is 2.87. The Morgan fingerprint density at radius 3 is 2.28 bits per heavy atom. The summed E-state index contributed by atoms with van der Waals surface area (Å²) in [7, 11) is 0. The number of nitrogens with two attached hydrogens (primary N) is 1. The summed E-state index contributed by atoms with van der Waals surface area (Å²) in [6, 6.07) is 9.81. The first-order valence-corrected chi connectivity index (χ1v) is 6.56. The molecule has 4 heteroatoms. The number of urea groups is 1. The van der Waals surface area contributed by atoms with Crippen molar-refractivity contribution in [1.29, 1.82) is 0 Å². The van der Waals surface area contributed by atoms with E-state index in [1.165, 1.54) is 0 Å². The topological polar surface area (TPSA) is 49.6 Å². The fourth-order valence-electron chi connectivity index (χ4n) is 1.86. The van der Waals surface area contributed by atoms with Crippen molar-refractivity contribution in [2.75, 3.05) is 31.1 Å². The van der Waals surface area contributed by atoms with E-state index in [0.29, 0.717) is 13.1 Å². The molecule has 100 valence electrons. The number of anilines is 1. The second kappa shape index (κ2) is 7.71. The highest BCUT2D eigenvalue weighted by Gasteiger charge is 2.19. The van der Waals surface area contributed by atoms with Gasteiger partial charge in [-0.15, -0.1) is 0 Å². The highest BCUT2D eigenvalue weighted by atomic mass is 16.2. The summed E-state index contributed by atoms with van der Waals surface area (Å²) in [6.07, 6.45) is 0.807. The van der Waals surface area contributed by atoms with Gasteiger partial charge in [0.2, 0.25) is 0 Å². The Morgan fingerprint density at radius 1 is 1.17 bits per heavy atom. The Hall–Kier alpha value is -1.55. The molecule has 1 rings (SSSR count). The fraction of sp³-hybridized carbons (Fsp3) is 0.500. The summed E-state index contributed by atoms with van der Waals surface area (Å²) >= 11 is 0. The molecule has 0 saturated heterocycles. The van der Waals surface area contributed by atoms with Crippen LogP contribution in [0.1, 0.15) is 20.3 Å². The van der Waals surface area contributed by atoms with E-state index in [2.05, 4.69) is 0 Å². The van der Waals surface area contributed by atoms with Gasteiger partial charge in [-0.1, -0.05) is 18.2 Å². The summed E-state index contributed by atoms with van der Waals surface area (Å²) in [5, 5.41) is 0. The second-order valence-corrected chi connectivity index (χ2v) is 4.08. The van der Waals surface area contributed by atoms with Crippen LogP contribution in [-0.4, -0.2) is 37.1 Å². The Kier molecular flexibility index (Phi) is 6.22. The van der Waals surface area contributed by atoms with Crippen LogP contribution < -0.4 is 10.6 Å². The van der Waals surface area contributed by atoms with Crippen LogP contribution in [0.25, 0.3) is 0 Å². The van der Waals surface area contributed by atoms with Crippen molar-refractivity contribution in [2.45, 2.75) is 20.3 Å². The lowest BCUT2D eigenvalue weighted by Crippen LogP contribution is -2.44. The standard InChI is InChI=1S/C14H23N3O/c1-3-16(4-2)14(18)17(12-8-11-15)13-9-6-5-7-10-13/h5-7,9-10H,3-4,8,11-12,15H2,1-2H3. The number of benzene rings is 1. The highest BCUT2D eigenvalue weighted by Crippen LogP contribution is 2.15. The molecule has 1 aromatic carbocycles. The Labute approximate surface area is 109 Å². The average molecular weight is 249 g/mol. The molecular weight excluding hydrogens is 226 g/mol. The van der Waals surface area contributed by atoms with Gasteiger partial charge in [0.25, 0.3) is 0 Å². The zero-order chi connectivity index (χ0) is 13.4. The van der Waals surface area contributed by atoms with Gasteiger partial charge in [-0.3, -0.25) is 4.90 Å². The van der Waals surface area contributed by atoms with E-state index in [0.717, 1.165) is 25.2 Å². The summed E-state index contributed by atoms with van der Waals surface area (Å²) in [5.74, 6) is 0. The minimum absolute atomic E-state index is 0.0552. The van der Waals surface area contributed by atoms with E-state index in [1.807, 2.05) is 49.1 Å². The molecule has 2 N–H and O–H groups in total. The van der Waals surface area contributed by atoms with E-state index in [1.54, 1.807) is 4.90 Å². The average Bonchev–Trinajstić information content (AvgIpc) is 2.42. The van der Waals surface area contributed by atoms with Gasteiger partial charge in [-0.2, -0.15) is 0 Å². The predicted molar refractivity (Wildman–Crippen MR) is 75.8 cm³/mol. The molecule has 0 unspecified atom stereocenters. The van der Waals surface area contributed by atoms with Crippen molar-refractivity contribution in [3.05, 3.63) is 30.3 Å². The fourth-order valence-corrected chi connectivity index (χ4v) is 1.86. The summed E-state index contributed by atoms with van der Waals surface area (Å²) in [4.78, 5) is 16.1. The van der Waals surface area contributed by atoms with Crippen LogP contribution in [0.4, 0.5) is 10.5 Å². The number of carbonyl (C=O) groups excluding carboxylic acids is 1. The van der Waals surface area contributed by atoms with Crippen LogP contribution in [0.5, 0.6) is 0 Å². The number of carbonyl (C=O) groups is 1. The van der Waals surface area contributed by atoms with Crippen molar-refractivity contribution >= 4 is 11.7 Å². The van der Waals surface area contributed by atoms with Gasteiger partial charge in [0.05, 0.1) is 0 Å². The summed E-state index contributed by atoms with van der Waals surface area (Å²) in [5.41, 5.74) is 6.48. The van der Waals surface area contributed by atoms with Gasteiger partial charge >= 0.3 is 6.03 Å². The zero-order valence-electron chi connectivity index (χ0n) is 11.3. The quantitative estimate of drug-likeness (QED) is 0.841. The number of rotatable bonds is 6. The first-order valence-electron chi connectivity index (χ1n) is 6.56. The van der Waals surface area contributed by atoms with E-state index >= 15 is 0 Å². The van der Waals surface area contributed by atoms with E-state index in [-0.39, 0.29) is 6.03 Å².